The summed E-state index contributed by atoms with van der Waals surface area (Å²) in [5.74, 6) is 1.13. The maximum Gasteiger partial charge on any atom is 0.224 e. The number of amides is 1. The van der Waals surface area contributed by atoms with Crippen molar-refractivity contribution in [2.24, 2.45) is 0 Å². The van der Waals surface area contributed by atoms with E-state index in [1.807, 2.05) is 73.8 Å². The van der Waals surface area contributed by atoms with Crippen LogP contribution in [-0.4, -0.2) is 27.4 Å². The highest BCUT2D eigenvalue weighted by Gasteiger charge is 2.14. The van der Waals surface area contributed by atoms with Gasteiger partial charge in [-0.1, -0.05) is 72.8 Å². The van der Waals surface area contributed by atoms with Crippen molar-refractivity contribution in [3.63, 3.8) is 0 Å². The minimum atomic E-state index is 0.136. The van der Waals surface area contributed by atoms with Crippen LogP contribution < -0.4 is 0 Å². The van der Waals surface area contributed by atoms with E-state index in [4.69, 9.17) is 4.98 Å². The van der Waals surface area contributed by atoms with Crippen molar-refractivity contribution in [3.8, 4) is 0 Å². The smallest absolute Gasteiger partial charge is 0.224 e. The molecule has 3 aromatic carbocycles. The first-order chi connectivity index (χ1) is 14.2. The lowest BCUT2D eigenvalue weighted by molar-refractivity contribution is -0.130. The van der Waals surface area contributed by atoms with Crippen LogP contribution in [0.25, 0.3) is 11.0 Å². The molecule has 1 heterocycles. The highest BCUT2D eigenvalue weighted by atomic mass is 16.2. The summed E-state index contributed by atoms with van der Waals surface area (Å²) in [4.78, 5) is 19.4. The normalized spacial score (nSPS) is 10.9. The van der Waals surface area contributed by atoms with E-state index in [0.29, 0.717) is 19.5 Å². The van der Waals surface area contributed by atoms with E-state index < -0.39 is 0 Å². The summed E-state index contributed by atoms with van der Waals surface area (Å²) in [6, 6.07) is 28.6. The van der Waals surface area contributed by atoms with E-state index in [-0.39, 0.29) is 5.91 Å². The van der Waals surface area contributed by atoms with Crippen LogP contribution >= 0.6 is 0 Å². The molecular weight excluding hydrogens is 358 g/mol. The molecule has 0 fully saturated rings. The molecule has 4 aromatic rings. The second-order valence-electron chi connectivity index (χ2n) is 7.32. The maximum absolute atomic E-state index is 12.7. The molecule has 0 aliphatic carbocycles. The Morgan fingerprint density at radius 1 is 0.862 bits per heavy atom. The van der Waals surface area contributed by atoms with E-state index in [1.165, 1.54) is 5.56 Å². The molecule has 0 saturated heterocycles. The zero-order valence-corrected chi connectivity index (χ0v) is 16.7. The van der Waals surface area contributed by atoms with Crippen LogP contribution in [-0.2, 0) is 24.3 Å². The van der Waals surface area contributed by atoms with Gasteiger partial charge in [0.25, 0.3) is 0 Å². The summed E-state index contributed by atoms with van der Waals surface area (Å²) < 4.78 is 2.19. The third-order valence-corrected chi connectivity index (χ3v) is 5.18. The molecule has 0 aliphatic heterocycles. The van der Waals surface area contributed by atoms with Crippen molar-refractivity contribution in [2.75, 3.05) is 7.05 Å². The Bertz CT molecular complexity index is 1090. The number of para-hydroxylation sites is 2. The van der Waals surface area contributed by atoms with E-state index in [2.05, 4.69) is 22.8 Å². The highest BCUT2D eigenvalue weighted by molar-refractivity contribution is 5.78. The molecule has 0 atom stereocenters. The second-order valence-corrected chi connectivity index (χ2v) is 7.32. The third-order valence-electron chi connectivity index (χ3n) is 5.18. The molecule has 146 valence electrons. The molecule has 29 heavy (non-hydrogen) atoms. The molecule has 0 N–H and O–H groups in total. The summed E-state index contributed by atoms with van der Waals surface area (Å²) in [5, 5.41) is 0. The molecule has 0 unspecified atom stereocenters. The van der Waals surface area contributed by atoms with Gasteiger partial charge in [-0.2, -0.15) is 0 Å². The maximum atomic E-state index is 12.7. The van der Waals surface area contributed by atoms with Crippen molar-refractivity contribution < 1.29 is 4.79 Å². The van der Waals surface area contributed by atoms with Gasteiger partial charge in [0.1, 0.15) is 5.82 Å². The van der Waals surface area contributed by atoms with Crippen molar-refractivity contribution in [1.29, 1.82) is 0 Å². The first-order valence-corrected chi connectivity index (χ1v) is 9.96. The minimum absolute atomic E-state index is 0.136. The number of hydrogen-bond acceptors (Lipinski definition) is 2. The van der Waals surface area contributed by atoms with Gasteiger partial charge in [0, 0.05) is 33.0 Å². The topological polar surface area (TPSA) is 38.1 Å². The number of fused-ring (bicyclic) bond motifs is 1. The molecule has 4 rings (SSSR count). The van der Waals surface area contributed by atoms with Crippen LogP contribution in [0.2, 0.25) is 0 Å². The van der Waals surface area contributed by atoms with Crippen LogP contribution in [0.4, 0.5) is 0 Å². The van der Waals surface area contributed by atoms with E-state index >= 15 is 0 Å². The second kappa shape index (κ2) is 8.74. The molecule has 4 nitrogen and oxygen atoms in total. The van der Waals surface area contributed by atoms with E-state index in [1.54, 1.807) is 4.90 Å². The van der Waals surface area contributed by atoms with Gasteiger partial charge >= 0.3 is 0 Å². The number of aryl methyl sites for hydroxylation is 1. The van der Waals surface area contributed by atoms with Crippen LogP contribution in [0.5, 0.6) is 0 Å². The van der Waals surface area contributed by atoms with Crippen LogP contribution in [0.1, 0.15) is 23.4 Å². The number of nitrogens with zero attached hydrogens (tertiary/aromatic N) is 3. The van der Waals surface area contributed by atoms with Gasteiger partial charge < -0.3 is 9.47 Å². The lowest BCUT2D eigenvalue weighted by Crippen LogP contribution is -2.27. The summed E-state index contributed by atoms with van der Waals surface area (Å²) in [7, 11) is 1.87. The Morgan fingerprint density at radius 3 is 2.21 bits per heavy atom. The Morgan fingerprint density at radius 2 is 1.48 bits per heavy atom. The van der Waals surface area contributed by atoms with Gasteiger partial charge in [0.05, 0.1) is 11.0 Å². The monoisotopic (exact) mass is 383 g/mol. The van der Waals surface area contributed by atoms with E-state index in [0.717, 1.165) is 28.8 Å². The molecule has 1 amide bonds. The Labute approximate surface area is 171 Å². The lowest BCUT2D eigenvalue weighted by Gasteiger charge is -2.18. The molecular formula is C25H25N3O. The fourth-order valence-electron chi connectivity index (χ4n) is 3.63. The third kappa shape index (κ3) is 4.54. The van der Waals surface area contributed by atoms with Crippen molar-refractivity contribution in [2.45, 2.75) is 25.9 Å². The zero-order valence-electron chi connectivity index (χ0n) is 16.7. The van der Waals surface area contributed by atoms with Gasteiger partial charge in [0.15, 0.2) is 0 Å². The molecule has 0 aliphatic rings. The van der Waals surface area contributed by atoms with Gasteiger partial charge in [0.2, 0.25) is 5.91 Å². The Hall–Kier alpha value is -3.40. The molecule has 0 radical (unpaired) electrons. The predicted octanol–water partition coefficient (Wildman–Crippen LogP) is 4.68. The number of carbonyl (C=O) groups excluding carboxylic acids is 1. The quantitative estimate of drug-likeness (QED) is 0.465. The number of imidazole rings is 1. The summed E-state index contributed by atoms with van der Waals surface area (Å²) in [6.45, 7) is 1.25. The zero-order chi connectivity index (χ0) is 20.1. The number of carbonyl (C=O) groups is 1. The number of hydrogen-bond donors (Lipinski definition) is 0. The molecule has 4 heteroatoms. The number of benzene rings is 3. The lowest BCUT2D eigenvalue weighted by atomic mass is 10.1. The Balaban J connectivity index is 1.50. The van der Waals surface area contributed by atoms with Crippen molar-refractivity contribution >= 4 is 16.9 Å². The van der Waals surface area contributed by atoms with Crippen LogP contribution in [0, 0.1) is 0 Å². The van der Waals surface area contributed by atoms with Gasteiger partial charge in [-0.05, 0) is 23.3 Å². The molecule has 0 bridgehead atoms. The van der Waals surface area contributed by atoms with Crippen molar-refractivity contribution in [3.05, 3.63) is 102 Å². The first kappa shape index (κ1) is 18.9. The van der Waals surface area contributed by atoms with Gasteiger partial charge in [-0.15, -0.1) is 0 Å². The Kier molecular flexibility index (Phi) is 5.71. The first-order valence-electron chi connectivity index (χ1n) is 9.96. The minimum Gasteiger partial charge on any atom is -0.341 e. The molecule has 0 saturated carbocycles. The average Bonchev–Trinajstić information content (AvgIpc) is 3.10. The number of aromatic nitrogens is 2. The predicted molar refractivity (Wildman–Crippen MR) is 117 cm³/mol. The SMILES string of the molecule is CN(Cc1ccccc1)C(=O)CCn1c(Cc2ccccc2)nc2ccccc21. The highest BCUT2D eigenvalue weighted by Crippen LogP contribution is 2.19. The van der Waals surface area contributed by atoms with Crippen LogP contribution in [0.3, 0.4) is 0 Å². The average molecular weight is 383 g/mol. The fraction of sp³-hybridized carbons (Fsp3) is 0.200. The summed E-state index contributed by atoms with van der Waals surface area (Å²) >= 11 is 0. The van der Waals surface area contributed by atoms with E-state index in [9.17, 15) is 4.79 Å². The molecule has 0 spiro atoms. The van der Waals surface area contributed by atoms with Crippen LogP contribution in [0.15, 0.2) is 84.9 Å². The van der Waals surface area contributed by atoms with Crippen molar-refractivity contribution in [1.82, 2.24) is 14.5 Å². The van der Waals surface area contributed by atoms with Gasteiger partial charge in [-0.3, -0.25) is 4.79 Å². The fourth-order valence-corrected chi connectivity index (χ4v) is 3.63. The summed E-state index contributed by atoms with van der Waals surface area (Å²) in [5.41, 5.74) is 4.42. The van der Waals surface area contributed by atoms with Gasteiger partial charge in [-0.25, -0.2) is 4.98 Å². The standard InChI is InChI=1S/C25H25N3O/c1-27(19-21-12-6-3-7-13-21)25(29)16-17-28-23-15-9-8-14-22(23)26-24(28)18-20-10-4-2-5-11-20/h2-15H,16-19H2,1H3. The number of rotatable bonds is 7. The summed E-state index contributed by atoms with van der Waals surface area (Å²) in [6.07, 6.45) is 1.20. The molecule has 1 aromatic heterocycles. The largest absolute Gasteiger partial charge is 0.341 e.